The fourth-order valence-electron chi connectivity index (χ4n) is 1.79. The van der Waals surface area contributed by atoms with Crippen LogP contribution in [0.15, 0.2) is 18.2 Å². The number of aromatic nitrogens is 2. The molecule has 1 heterocycles. The van der Waals surface area contributed by atoms with E-state index in [4.69, 9.17) is 16.3 Å². The van der Waals surface area contributed by atoms with Crippen LogP contribution < -0.4 is 4.74 Å². The molecule has 3 nitrogen and oxygen atoms in total. The van der Waals surface area contributed by atoms with Crippen LogP contribution in [0, 0.1) is 19.7 Å². The lowest BCUT2D eigenvalue weighted by Crippen LogP contribution is -1.98. The minimum absolute atomic E-state index is 0.279. The Morgan fingerprint density at radius 2 is 2.11 bits per heavy atom. The van der Waals surface area contributed by atoms with Crippen LogP contribution in [0.4, 0.5) is 4.39 Å². The van der Waals surface area contributed by atoms with Gasteiger partial charge in [-0.05, 0) is 37.6 Å². The molecule has 0 atom stereocenters. The van der Waals surface area contributed by atoms with Gasteiger partial charge in [0.15, 0.2) is 0 Å². The Hall–Kier alpha value is -1.55. The summed E-state index contributed by atoms with van der Waals surface area (Å²) in [7, 11) is 1.79. The molecule has 0 amide bonds. The Balaban J connectivity index is 2.39. The van der Waals surface area contributed by atoms with Gasteiger partial charge in [0.2, 0.25) is 5.88 Å². The van der Waals surface area contributed by atoms with Crippen LogP contribution in [0.1, 0.15) is 16.8 Å². The van der Waals surface area contributed by atoms with Gasteiger partial charge in [0.1, 0.15) is 11.6 Å². The van der Waals surface area contributed by atoms with E-state index in [0.29, 0.717) is 17.5 Å². The maximum absolute atomic E-state index is 13.0. The van der Waals surface area contributed by atoms with Crippen LogP contribution in [0.5, 0.6) is 11.6 Å². The van der Waals surface area contributed by atoms with Crippen LogP contribution in [-0.2, 0) is 12.9 Å². The molecule has 0 spiro atoms. The molecule has 1 aromatic carbocycles. The maximum Gasteiger partial charge on any atom is 0.222 e. The maximum atomic E-state index is 13.0. The molecule has 0 aliphatic heterocycles. The smallest absolute Gasteiger partial charge is 0.222 e. The van der Waals surface area contributed by atoms with E-state index in [1.807, 2.05) is 6.92 Å². The molecule has 0 N–H and O–H groups in total. The third-order valence-corrected chi connectivity index (χ3v) is 3.03. The number of halogens is 2. The molecule has 0 bridgehead atoms. The van der Waals surface area contributed by atoms with Gasteiger partial charge in [0.05, 0.1) is 17.1 Å². The summed E-state index contributed by atoms with van der Waals surface area (Å²) in [5.41, 5.74) is 2.42. The number of alkyl halides is 1. The predicted octanol–water partition coefficient (Wildman–Crippen LogP) is 3.71. The average molecular weight is 269 g/mol. The summed E-state index contributed by atoms with van der Waals surface area (Å²) >= 11 is 5.89. The zero-order chi connectivity index (χ0) is 13.3. The lowest BCUT2D eigenvalue weighted by molar-refractivity contribution is 0.423. The van der Waals surface area contributed by atoms with Gasteiger partial charge in [-0.15, -0.1) is 11.6 Å². The van der Waals surface area contributed by atoms with Crippen molar-refractivity contribution in [2.24, 2.45) is 7.05 Å². The molecule has 0 unspecified atom stereocenters. The van der Waals surface area contributed by atoms with Crippen molar-refractivity contribution < 1.29 is 9.13 Å². The van der Waals surface area contributed by atoms with Gasteiger partial charge in [-0.2, -0.15) is 5.10 Å². The molecule has 0 fully saturated rings. The van der Waals surface area contributed by atoms with Crippen LogP contribution in [0.2, 0.25) is 0 Å². The molecule has 5 heteroatoms. The molecular weight excluding hydrogens is 255 g/mol. The second-order valence-electron chi connectivity index (χ2n) is 4.14. The zero-order valence-electron chi connectivity index (χ0n) is 10.5. The van der Waals surface area contributed by atoms with Crippen LogP contribution in [0.25, 0.3) is 0 Å². The fourth-order valence-corrected chi connectivity index (χ4v) is 2.10. The molecule has 96 valence electrons. The van der Waals surface area contributed by atoms with Crippen LogP contribution in [-0.4, -0.2) is 9.78 Å². The number of benzene rings is 1. The van der Waals surface area contributed by atoms with E-state index in [1.54, 1.807) is 24.7 Å². The van der Waals surface area contributed by atoms with Gasteiger partial charge in [-0.3, -0.25) is 0 Å². The molecule has 2 aromatic rings. The summed E-state index contributed by atoms with van der Waals surface area (Å²) < 4.78 is 20.4. The van der Waals surface area contributed by atoms with Crippen molar-refractivity contribution in [1.29, 1.82) is 0 Å². The van der Waals surface area contributed by atoms with Crippen LogP contribution in [0.3, 0.4) is 0 Å². The quantitative estimate of drug-likeness (QED) is 0.794. The van der Waals surface area contributed by atoms with Crippen molar-refractivity contribution in [1.82, 2.24) is 9.78 Å². The Labute approximate surface area is 110 Å². The molecule has 0 aliphatic carbocycles. The molecule has 18 heavy (non-hydrogen) atoms. The van der Waals surface area contributed by atoms with Crippen molar-refractivity contribution in [3.63, 3.8) is 0 Å². The predicted molar refractivity (Wildman–Crippen MR) is 68.7 cm³/mol. The first-order chi connectivity index (χ1) is 8.52. The second-order valence-corrected chi connectivity index (χ2v) is 4.41. The lowest BCUT2D eigenvalue weighted by atomic mass is 10.2. The van der Waals surface area contributed by atoms with E-state index < -0.39 is 0 Å². The molecule has 2 rings (SSSR count). The second kappa shape index (κ2) is 4.98. The Kier molecular flexibility index (Phi) is 3.57. The summed E-state index contributed by atoms with van der Waals surface area (Å²) in [6.07, 6.45) is 0. The van der Waals surface area contributed by atoms with Gasteiger partial charge in [-0.1, -0.05) is 0 Å². The first-order valence-corrected chi connectivity index (χ1v) is 6.09. The summed E-state index contributed by atoms with van der Waals surface area (Å²) in [6, 6.07) is 4.40. The number of aryl methyl sites for hydroxylation is 3. The van der Waals surface area contributed by atoms with E-state index in [9.17, 15) is 4.39 Å². The molecule has 1 aromatic heterocycles. The van der Waals surface area contributed by atoms with Crippen molar-refractivity contribution in [3.8, 4) is 11.6 Å². The highest BCUT2D eigenvalue weighted by atomic mass is 35.5. The van der Waals surface area contributed by atoms with Gasteiger partial charge in [0, 0.05) is 7.05 Å². The van der Waals surface area contributed by atoms with E-state index >= 15 is 0 Å². The summed E-state index contributed by atoms with van der Waals surface area (Å²) in [5.74, 6) is 1.25. The topological polar surface area (TPSA) is 27.1 Å². The van der Waals surface area contributed by atoms with Crippen molar-refractivity contribution in [3.05, 3.63) is 40.8 Å². The number of hydrogen-bond acceptors (Lipinski definition) is 2. The standard InChI is InChI=1S/C13H14ClFN2O/c1-8-6-10(15)4-5-12(8)18-13-11(7-14)9(2)16-17(13)3/h4-6H,7H2,1-3H3. The average Bonchev–Trinajstić information content (AvgIpc) is 2.57. The minimum Gasteiger partial charge on any atom is -0.439 e. The van der Waals surface area contributed by atoms with Gasteiger partial charge < -0.3 is 4.74 Å². The van der Waals surface area contributed by atoms with Gasteiger partial charge >= 0.3 is 0 Å². The van der Waals surface area contributed by atoms with E-state index in [2.05, 4.69) is 5.10 Å². The Morgan fingerprint density at radius 3 is 2.72 bits per heavy atom. The molecule has 0 aliphatic rings. The number of ether oxygens (including phenoxy) is 1. The Bertz CT molecular complexity index is 581. The zero-order valence-corrected chi connectivity index (χ0v) is 11.3. The summed E-state index contributed by atoms with van der Waals surface area (Å²) in [4.78, 5) is 0. The highest BCUT2D eigenvalue weighted by Crippen LogP contribution is 2.30. The fraction of sp³-hybridized carbons (Fsp3) is 0.308. The third-order valence-electron chi connectivity index (χ3n) is 2.77. The third kappa shape index (κ3) is 2.34. The van der Waals surface area contributed by atoms with Gasteiger partial charge in [-0.25, -0.2) is 9.07 Å². The number of rotatable bonds is 3. The minimum atomic E-state index is -0.279. The lowest BCUT2D eigenvalue weighted by Gasteiger charge is -2.10. The highest BCUT2D eigenvalue weighted by molar-refractivity contribution is 6.17. The van der Waals surface area contributed by atoms with Crippen molar-refractivity contribution in [2.75, 3.05) is 0 Å². The largest absolute Gasteiger partial charge is 0.439 e. The molecule has 0 saturated carbocycles. The summed E-state index contributed by atoms with van der Waals surface area (Å²) in [6.45, 7) is 3.67. The normalized spacial score (nSPS) is 10.7. The first-order valence-electron chi connectivity index (χ1n) is 5.55. The number of nitrogens with zero attached hydrogens (tertiary/aromatic N) is 2. The monoisotopic (exact) mass is 268 g/mol. The Morgan fingerprint density at radius 1 is 1.39 bits per heavy atom. The van der Waals surface area contributed by atoms with Crippen molar-refractivity contribution >= 4 is 11.6 Å². The van der Waals surface area contributed by atoms with E-state index in [1.165, 1.54) is 12.1 Å². The summed E-state index contributed by atoms with van der Waals surface area (Å²) in [5, 5.41) is 4.26. The number of hydrogen-bond donors (Lipinski definition) is 0. The molecular formula is C13H14ClFN2O. The van der Waals surface area contributed by atoms with E-state index in [-0.39, 0.29) is 5.82 Å². The highest BCUT2D eigenvalue weighted by Gasteiger charge is 2.15. The van der Waals surface area contributed by atoms with E-state index in [0.717, 1.165) is 16.8 Å². The first kappa shape index (κ1) is 12.9. The van der Waals surface area contributed by atoms with Crippen LogP contribution >= 0.6 is 11.6 Å². The molecule has 0 saturated heterocycles. The van der Waals surface area contributed by atoms with Crippen molar-refractivity contribution in [2.45, 2.75) is 19.7 Å². The SMILES string of the molecule is Cc1cc(F)ccc1Oc1c(CCl)c(C)nn1C. The molecule has 0 radical (unpaired) electrons. The van der Waals surface area contributed by atoms with Gasteiger partial charge in [0.25, 0.3) is 0 Å².